The van der Waals surface area contributed by atoms with Gasteiger partial charge in [-0.05, 0) is 111 Å². The molecule has 8 N–H and O–H groups in total. The quantitative estimate of drug-likeness (QED) is 0.0689. The van der Waals surface area contributed by atoms with Crippen molar-refractivity contribution in [2.24, 2.45) is 0 Å². The van der Waals surface area contributed by atoms with Crippen LogP contribution in [0.15, 0.2) is 0 Å². The molecule has 0 fully saturated rings. The Hall–Kier alpha value is -6.88. The number of aromatic nitrogens is 8. The Labute approximate surface area is 447 Å². The van der Waals surface area contributed by atoms with Crippen molar-refractivity contribution in [2.45, 2.75) is 154 Å². The van der Waals surface area contributed by atoms with E-state index in [1.807, 2.05) is 0 Å². The first-order chi connectivity index (χ1) is 36.4. The lowest BCUT2D eigenvalue weighted by Gasteiger charge is -2.27. The highest BCUT2D eigenvalue weighted by Crippen LogP contribution is 2.50. The van der Waals surface area contributed by atoms with E-state index in [1.54, 1.807) is 0 Å². The van der Waals surface area contributed by atoms with Crippen molar-refractivity contribution in [3.63, 3.8) is 0 Å². The van der Waals surface area contributed by atoms with E-state index in [4.69, 9.17) is 0 Å². The summed E-state index contributed by atoms with van der Waals surface area (Å²) in [4.78, 5) is 19.8. The minimum Gasteiger partial charge on any atom is -0.356 e. The standard InChI is InChI=1S/C56H56F16N8/c1-49(2)33-17(57)19(59)35(73-33)50(3,4)37-21(61)23(63)39(75-37)52(7,8)41-25(65)27(67)43(77-41)54(11,12)45-29(69)31(71)47(79-45)56(15,16)48-32(72)30(70)46(80-48)55(13,14)44-28(68)26(66)42(78-44)53(9,10)40-24(64)22(62)38(76-40)51(5,6)36-20(60)18(58)34(49)74-36/h73-80H,1-16H3. The van der Waals surface area contributed by atoms with Crippen LogP contribution in [0.25, 0.3) is 0 Å². The van der Waals surface area contributed by atoms with Crippen LogP contribution in [0.1, 0.15) is 202 Å². The van der Waals surface area contributed by atoms with Gasteiger partial charge in [-0.25, -0.2) is 70.2 Å². The van der Waals surface area contributed by atoms with Crippen molar-refractivity contribution < 1.29 is 70.2 Å². The molecule has 0 spiro atoms. The van der Waals surface area contributed by atoms with E-state index in [9.17, 15) is 0 Å². The maximum absolute atomic E-state index is 16.4. The highest BCUT2D eigenvalue weighted by atomic mass is 19.2. The van der Waals surface area contributed by atoms with Gasteiger partial charge in [-0.15, -0.1) is 0 Å². The molecule has 0 aromatic carbocycles. The van der Waals surface area contributed by atoms with Crippen molar-refractivity contribution in [1.29, 1.82) is 0 Å². The van der Waals surface area contributed by atoms with Crippen LogP contribution in [0, 0.1) is 93.1 Å². The highest BCUT2D eigenvalue weighted by Gasteiger charge is 2.50. The van der Waals surface area contributed by atoms with Gasteiger partial charge in [0, 0.05) is 0 Å². The summed E-state index contributed by atoms with van der Waals surface area (Å²) in [6, 6.07) is 0. The van der Waals surface area contributed by atoms with E-state index in [0.717, 1.165) is 111 Å². The van der Waals surface area contributed by atoms with Crippen LogP contribution >= 0.6 is 0 Å². The third-order valence-corrected chi connectivity index (χ3v) is 17.1. The van der Waals surface area contributed by atoms with Gasteiger partial charge in [0.1, 0.15) is 0 Å². The fourth-order valence-corrected chi connectivity index (χ4v) is 11.5. The zero-order chi connectivity index (χ0) is 60.1. The number of hydrogen-bond donors (Lipinski definition) is 8. The maximum atomic E-state index is 16.4. The van der Waals surface area contributed by atoms with E-state index in [1.165, 1.54) is 0 Å². The van der Waals surface area contributed by atoms with E-state index in [0.29, 0.717) is 0 Å². The number of aromatic amines is 8. The molecule has 0 unspecified atom stereocenters. The minimum atomic E-state index is -2.17. The van der Waals surface area contributed by atoms with E-state index < -0.39 is 227 Å². The lowest BCUT2D eigenvalue weighted by atomic mass is 9.85. The topological polar surface area (TPSA) is 126 Å². The van der Waals surface area contributed by atoms with Gasteiger partial charge in [-0.2, -0.15) is 0 Å². The summed E-state index contributed by atoms with van der Waals surface area (Å²) in [5.41, 5.74) is -29.9. The first-order valence-electron chi connectivity index (χ1n) is 25.0. The number of rotatable bonds is 0. The van der Waals surface area contributed by atoms with Crippen molar-refractivity contribution in [1.82, 2.24) is 39.9 Å². The molecule has 0 radical (unpaired) electrons. The molecule has 432 valence electrons. The molecule has 0 aliphatic carbocycles. The molecule has 8 aromatic heterocycles. The summed E-state index contributed by atoms with van der Waals surface area (Å²) in [7, 11) is 0. The van der Waals surface area contributed by atoms with Crippen LogP contribution in [0.2, 0.25) is 0 Å². The summed E-state index contributed by atoms with van der Waals surface area (Å²) < 4.78 is 263. The third-order valence-electron chi connectivity index (χ3n) is 17.1. The molecule has 1 aliphatic rings. The normalized spacial score (nSPS) is 18.8. The largest absolute Gasteiger partial charge is 0.356 e. The van der Waals surface area contributed by atoms with Crippen LogP contribution < -0.4 is 0 Å². The minimum absolute atomic E-state index is 0.789. The zero-order valence-electron chi connectivity index (χ0n) is 46.0. The molecular formula is C56H56F16N8. The maximum Gasteiger partial charge on any atom is 0.180 e. The molecule has 24 heteroatoms. The highest BCUT2D eigenvalue weighted by molar-refractivity contribution is 5.49. The van der Waals surface area contributed by atoms with Gasteiger partial charge in [0.05, 0.1) is 134 Å². The second-order valence-electron chi connectivity index (χ2n) is 25.0. The second kappa shape index (κ2) is 17.3. The Kier molecular flexibility index (Phi) is 12.5. The van der Waals surface area contributed by atoms with Gasteiger partial charge in [0.2, 0.25) is 0 Å². The SMILES string of the molecule is CC1(C)c2[nH]c(c(F)c2F)C(C)(C)c2[nH]c(c(F)c2F)C(C)(C)c2[nH]c(c(F)c2F)C(C)(C)c2[nH]c(c(F)c2F)C(C)(C)c2[nH]c(c(F)c2F)C(C)(C)c2[nH]c(c(F)c2F)C(C)(C)c2[nH]c(c(F)c2F)C(C)(C)c2[nH]c1c(F)c2F. The summed E-state index contributed by atoms with van der Waals surface area (Å²) >= 11 is 0. The van der Waals surface area contributed by atoms with E-state index in [2.05, 4.69) is 39.9 Å². The van der Waals surface area contributed by atoms with Crippen molar-refractivity contribution in [2.75, 3.05) is 0 Å². The molecule has 8 nitrogen and oxygen atoms in total. The van der Waals surface area contributed by atoms with Crippen molar-refractivity contribution in [3.8, 4) is 0 Å². The fourth-order valence-electron chi connectivity index (χ4n) is 11.5. The van der Waals surface area contributed by atoms with Crippen LogP contribution in [0.4, 0.5) is 70.2 Å². The molecule has 1 aliphatic heterocycles. The Balaban J connectivity index is 1.29. The summed E-state index contributed by atoms with van der Waals surface area (Å²) in [6.07, 6.45) is 0. The first-order valence-corrected chi connectivity index (χ1v) is 25.0. The Bertz CT molecular complexity index is 2930. The first kappa shape index (κ1) is 57.8. The van der Waals surface area contributed by atoms with E-state index in [-0.39, 0.29) is 0 Å². The van der Waals surface area contributed by atoms with Crippen LogP contribution in [-0.4, -0.2) is 39.9 Å². The van der Waals surface area contributed by atoms with Gasteiger partial charge < -0.3 is 39.9 Å². The number of fused-ring (bicyclic) bond motifs is 16. The molecule has 0 saturated carbocycles. The summed E-state index contributed by atoms with van der Waals surface area (Å²) in [5.74, 6) is -27.2. The second-order valence-corrected chi connectivity index (χ2v) is 25.0. The molecule has 80 heavy (non-hydrogen) atoms. The summed E-state index contributed by atoms with van der Waals surface area (Å²) in [6.45, 7) is 17.8. The molecule has 16 bridgehead atoms. The molecule has 8 aromatic rings. The van der Waals surface area contributed by atoms with Gasteiger partial charge in [0.15, 0.2) is 93.1 Å². The van der Waals surface area contributed by atoms with Gasteiger partial charge in [-0.1, -0.05) is 0 Å². The Morgan fingerprint density at radius 3 is 0.237 bits per heavy atom. The number of H-pyrrole nitrogens is 8. The van der Waals surface area contributed by atoms with Gasteiger partial charge in [-0.3, -0.25) is 0 Å². The predicted octanol–water partition coefficient (Wildman–Crippen LogP) is 15.5. The fraction of sp³-hybridized carbons (Fsp3) is 0.429. The molecule has 0 atom stereocenters. The molecular weight excluding hydrogens is 1090 g/mol. The van der Waals surface area contributed by atoms with Gasteiger partial charge in [0.25, 0.3) is 0 Å². The third kappa shape index (κ3) is 7.42. The van der Waals surface area contributed by atoms with Crippen LogP contribution in [-0.2, 0) is 43.3 Å². The molecule has 9 heterocycles. The Morgan fingerprint density at radius 2 is 0.188 bits per heavy atom. The lowest BCUT2D eigenvalue weighted by Crippen LogP contribution is -2.27. The zero-order valence-corrected chi connectivity index (χ0v) is 46.0. The average molecular weight is 1150 g/mol. The smallest absolute Gasteiger partial charge is 0.180 e. The summed E-state index contributed by atoms with van der Waals surface area (Å²) in [5, 5.41) is 0. The van der Waals surface area contributed by atoms with Crippen LogP contribution in [0.5, 0.6) is 0 Å². The monoisotopic (exact) mass is 1140 g/mol. The molecule has 9 rings (SSSR count). The average Bonchev–Trinajstić information content (AvgIpc) is 4.24. The van der Waals surface area contributed by atoms with Gasteiger partial charge >= 0.3 is 0 Å². The van der Waals surface area contributed by atoms with E-state index >= 15 is 70.2 Å². The molecule has 0 saturated heterocycles. The number of halogens is 16. The van der Waals surface area contributed by atoms with Crippen molar-refractivity contribution in [3.05, 3.63) is 184 Å². The van der Waals surface area contributed by atoms with Crippen molar-refractivity contribution >= 4 is 0 Å². The lowest BCUT2D eigenvalue weighted by molar-refractivity contribution is 0.443. The Morgan fingerprint density at radius 1 is 0.138 bits per heavy atom. The van der Waals surface area contributed by atoms with Crippen LogP contribution in [0.3, 0.4) is 0 Å². The molecule has 0 amide bonds. The predicted molar refractivity (Wildman–Crippen MR) is 263 cm³/mol. The number of hydrogen-bond acceptors (Lipinski definition) is 0. The number of nitrogens with one attached hydrogen (secondary N) is 8.